The minimum absolute atomic E-state index is 0.282. The van der Waals surface area contributed by atoms with Crippen LogP contribution >= 0.6 is 0 Å². The van der Waals surface area contributed by atoms with Gasteiger partial charge in [-0.1, -0.05) is 181 Å². The number of benzene rings is 5. The quantitative estimate of drug-likeness (QED) is 0.101. The average molecular weight is 696 g/mol. The summed E-state index contributed by atoms with van der Waals surface area (Å²) in [6, 6.07) is 44.7. The van der Waals surface area contributed by atoms with Crippen molar-refractivity contribution < 1.29 is 23.1 Å². The van der Waals surface area contributed by atoms with Gasteiger partial charge in [-0.2, -0.15) is 13.2 Å². The number of hydrogen-bond acceptors (Lipinski definition) is 3. The molecule has 0 fully saturated rings. The summed E-state index contributed by atoms with van der Waals surface area (Å²) in [7, 11) is 0. The molecule has 0 aliphatic carbocycles. The average Bonchev–Trinajstić information content (AvgIpc) is 3.17. The zero-order chi connectivity index (χ0) is 38.5. The third-order valence-electron chi connectivity index (χ3n) is 7.41. The Morgan fingerprint density at radius 3 is 1.37 bits per heavy atom. The maximum absolute atomic E-state index is 12.0. The molecule has 0 bridgehead atoms. The van der Waals surface area contributed by atoms with Crippen molar-refractivity contribution in [2.75, 3.05) is 5.32 Å². The van der Waals surface area contributed by atoms with Crippen LogP contribution in [0.2, 0.25) is 0 Å². The van der Waals surface area contributed by atoms with Crippen molar-refractivity contribution in [1.82, 2.24) is 0 Å². The summed E-state index contributed by atoms with van der Waals surface area (Å²) in [6.07, 6.45) is -4.79. The monoisotopic (exact) mass is 695 g/mol. The number of aliphatic hydroxyl groups is 1. The highest BCUT2D eigenvalue weighted by atomic mass is 19.4. The van der Waals surface area contributed by atoms with Crippen LogP contribution in [0.1, 0.15) is 93.6 Å². The Balaban J connectivity index is 0.000000573. The molecule has 270 valence electrons. The second-order valence-electron chi connectivity index (χ2n) is 10.6. The van der Waals surface area contributed by atoms with Gasteiger partial charge < -0.3 is 10.4 Å². The Morgan fingerprint density at radius 1 is 0.608 bits per heavy atom. The van der Waals surface area contributed by atoms with E-state index in [2.05, 4.69) is 90.0 Å². The topological polar surface area (TPSA) is 49.3 Å². The summed E-state index contributed by atoms with van der Waals surface area (Å²) in [5, 5.41) is 15.0. The first kappa shape index (κ1) is 43.9. The van der Waals surface area contributed by atoms with Crippen LogP contribution < -0.4 is 5.32 Å². The zero-order valence-electron chi connectivity index (χ0n) is 31.3. The van der Waals surface area contributed by atoms with Crippen molar-refractivity contribution in [3.05, 3.63) is 173 Å². The van der Waals surface area contributed by atoms with Gasteiger partial charge in [0.2, 0.25) is 0 Å². The SMILES string of the molecule is CC.CC.CC.CC#CC(C)(O)c1ccccc1NC(c1ccccc1)(c1ccccc1)c1ccccc1.Cc1ccccc1C(=O)C(F)(F)F. The van der Waals surface area contributed by atoms with Crippen molar-refractivity contribution in [1.29, 1.82) is 0 Å². The molecule has 51 heavy (non-hydrogen) atoms. The normalized spacial score (nSPS) is 11.3. The summed E-state index contributed by atoms with van der Waals surface area (Å²) in [5.74, 6) is 4.03. The van der Waals surface area contributed by atoms with E-state index in [4.69, 9.17) is 0 Å². The summed E-state index contributed by atoms with van der Waals surface area (Å²) < 4.78 is 35.9. The van der Waals surface area contributed by atoms with Crippen molar-refractivity contribution in [2.45, 2.75) is 79.6 Å². The number of halogens is 3. The van der Waals surface area contributed by atoms with Crippen molar-refractivity contribution in [3.8, 4) is 11.8 Å². The molecule has 1 atom stereocenters. The fraction of sp³-hybridized carbons (Fsp3) is 0.267. The molecule has 0 aliphatic rings. The smallest absolute Gasteiger partial charge is 0.374 e. The first-order valence-corrected chi connectivity index (χ1v) is 17.4. The minimum atomic E-state index is -4.79. The Kier molecular flexibility index (Phi) is 18.8. The predicted octanol–water partition coefficient (Wildman–Crippen LogP) is 12.1. The van der Waals surface area contributed by atoms with E-state index in [-0.39, 0.29) is 5.56 Å². The van der Waals surface area contributed by atoms with E-state index < -0.39 is 23.1 Å². The number of carbonyl (C=O) groups excluding carboxylic acids is 1. The zero-order valence-corrected chi connectivity index (χ0v) is 31.3. The number of alkyl halides is 3. The van der Waals surface area contributed by atoms with Crippen LogP contribution in [-0.4, -0.2) is 17.1 Å². The van der Waals surface area contributed by atoms with Gasteiger partial charge in [0.15, 0.2) is 0 Å². The number of anilines is 1. The molecule has 3 nitrogen and oxygen atoms in total. The van der Waals surface area contributed by atoms with Crippen LogP contribution in [0.15, 0.2) is 140 Å². The number of rotatable bonds is 7. The lowest BCUT2D eigenvalue weighted by molar-refractivity contribution is -0.0885. The minimum Gasteiger partial charge on any atom is -0.374 e. The molecule has 6 heteroatoms. The summed E-state index contributed by atoms with van der Waals surface area (Å²) in [5.41, 5.74) is 2.98. The number of para-hydroxylation sites is 1. The highest BCUT2D eigenvalue weighted by Crippen LogP contribution is 2.42. The number of aryl methyl sites for hydroxylation is 1. The van der Waals surface area contributed by atoms with Crippen LogP contribution in [0.5, 0.6) is 0 Å². The van der Waals surface area contributed by atoms with Crippen molar-refractivity contribution in [2.24, 2.45) is 0 Å². The van der Waals surface area contributed by atoms with Gasteiger partial charge in [-0.3, -0.25) is 4.79 Å². The Morgan fingerprint density at radius 2 is 0.980 bits per heavy atom. The summed E-state index contributed by atoms with van der Waals surface area (Å²) in [6.45, 7) is 16.9. The van der Waals surface area contributed by atoms with E-state index in [1.54, 1.807) is 19.9 Å². The standard InChI is InChI=1S/C30H27NO.C9H7F3O.3C2H6/c1-3-23-29(2,32)27-21-13-14-22-28(27)31-30(24-15-7-4-8-16-24,25-17-9-5-10-18-25)26-19-11-6-12-20-26;1-6-4-2-3-5-7(6)8(13)9(10,11)12;3*1-2/h4-22,31-32H,1-2H3;2-5H,1H3;3*1-2H3. The number of nitrogens with one attached hydrogen (secondary N) is 1. The first-order valence-electron chi connectivity index (χ1n) is 17.4. The first-order chi connectivity index (χ1) is 24.5. The maximum Gasteiger partial charge on any atom is 0.454 e. The van der Waals surface area contributed by atoms with E-state index in [9.17, 15) is 23.1 Å². The van der Waals surface area contributed by atoms with E-state index in [1.165, 1.54) is 25.1 Å². The molecule has 0 saturated heterocycles. The van der Waals surface area contributed by atoms with E-state index in [0.717, 1.165) is 27.9 Å². The largest absolute Gasteiger partial charge is 0.454 e. The molecule has 0 aliphatic heterocycles. The van der Waals surface area contributed by atoms with Crippen LogP contribution in [-0.2, 0) is 11.1 Å². The van der Waals surface area contributed by atoms with Gasteiger partial charge in [0.05, 0.1) is 0 Å². The van der Waals surface area contributed by atoms with Gasteiger partial charge in [0, 0.05) is 16.8 Å². The Labute approximate surface area is 303 Å². The molecule has 0 amide bonds. The second-order valence-corrected chi connectivity index (χ2v) is 10.6. The molecule has 1 unspecified atom stereocenters. The van der Waals surface area contributed by atoms with Gasteiger partial charge in [-0.25, -0.2) is 0 Å². The van der Waals surface area contributed by atoms with Crippen molar-refractivity contribution in [3.63, 3.8) is 0 Å². The van der Waals surface area contributed by atoms with Gasteiger partial charge in [0.1, 0.15) is 11.1 Å². The Hall–Kier alpha value is -5.12. The van der Waals surface area contributed by atoms with E-state index in [0.29, 0.717) is 5.56 Å². The van der Waals surface area contributed by atoms with Gasteiger partial charge in [-0.15, -0.1) is 5.92 Å². The van der Waals surface area contributed by atoms with E-state index >= 15 is 0 Å². The predicted molar refractivity (Wildman–Crippen MR) is 208 cm³/mol. The van der Waals surface area contributed by atoms with E-state index in [1.807, 2.05) is 84.0 Å². The third-order valence-corrected chi connectivity index (χ3v) is 7.41. The Bertz CT molecular complexity index is 1680. The fourth-order valence-electron chi connectivity index (χ4n) is 5.29. The molecule has 0 spiro atoms. The van der Waals surface area contributed by atoms with Gasteiger partial charge in [-0.05, 0) is 49.1 Å². The molecule has 0 heterocycles. The third kappa shape index (κ3) is 11.7. The van der Waals surface area contributed by atoms with Crippen LogP contribution in [0.4, 0.5) is 18.9 Å². The lowest BCUT2D eigenvalue weighted by Gasteiger charge is -2.39. The second kappa shape index (κ2) is 21.9. The number of Topliss-reactive ketones (excluding diaryl/α,β-unsaturated/α-hetero) is 1. The van der Waals surface area contributed by atoms with Crippen molar-refractivity contribution >= 4 is 11.5 Å². The molecule has 0 saturated carbocycles. The summed E-state index contributed by atoms with van der Waals surface area (Å²) >= 11 is 0. The van der Waals surface area contributed by atoms with Crippen LogP contribution in [0, 0.1) is 18.8 Å². The molecular formula is C45H52F3NO2. The lowest BCUT2D eigenvalue weighted by atomic mass is 9.76. The van der Waals surface area contributed by atoms with Gasteiger partial charge >= 0.3 is 6.18 Å². The molecule has 5 rings (SSSR count). The molecule has 2 N–H and O–H groups in total. The number of ketones is 1. The van der Waals surface area contributed by atoms with Crippen LogP contribution in [0.25, 0.3) is 0 Å². The highest BCUT2D eigenvalue weighted by Gasteiger charge is 2.40. The number of carbonyl (C=O) groups is 1. The molecule has 5 aromatic carbocycles. The summed E-state index contributed by atoms with van der Waals surface area (Å²) in [4.78, 5) is 10.8. The molecule has 0 radical (unpaired) electrons. The fourth-order valence-corrected chi connectivity index (χ4v) is 5.29. The van der Waals surface area contributed by atoms with Crippen LogP contribution in [0.3, 0.4) is 0 Å². The number of hydrogen-bond donors (Lipinski definition) is 2. The van der Waals surface area contributed by atoms with Gasteiger partial charge in [0.25, 0.3) is 5.78 Å². The highest BCUT2D eigenvalue weighted by molar-refractivity contribution is 6.01. The molecule has 0 aromatic heterocycles. The molecule has 5 aromatic rings. The molecular weight excluding hydrogens is 643 g/mol. The maximum atomic E-state index is 12.0. The lowest BCUT2D eigenvalue weighted by Crippen LogP contribution is -2.39.